The number of rotatable bonds is 6. The summed E-state index contributed by atoms with van der Waals surface area (Å²) in [6.07, 6.45) is 9.20. The van der Waals surface area contributed by atoms with Crippen molar-refractivity contribution in [3.63, 3.8) is 0 Å². The summed E-state index contributed by atoms with van der Waals surface area (Å²) < 4.78 is 18.7. The summed E-state index contributed by atoms with van der Waals surface area (Å²) in [7, 11) is 0. The molecule has 6 heteroatoms. The van der Waals surface area contributed by atoms with E-state index in [-0.39, 0.29) is 17.3 Å². The van der Waals surface area contributed by atoms with Crippen LogP contribution in [0.3, 0.4) is 0 Å². The largest absolute Gasteiger partial charge is 0.381 e. The highest BCUT2D eigenvalue weighted by molar-refractivity contribution is 7.16. The number of amides is 1. The average molecular weight is 429 g/mol. The van der Waals surface area contributed by atoms with Crippen LogP contribution in [0.5, 0.6) is 0 Å². The maximum absolute atomic E-state index is 13.1. The van der Waals surface area contributed by atoms with Crippen molar-refractivity contribution in [1.82, 2.24) is 10.2 Å². The highest BCUT2D eigenvalue weighted by atomic mass is 32.1. The van der Waals surface area contributed by atoms with Crippen molar-refractivity contribution in [3.8, 4) is 10.4 Å². The van der Waals surface area contributed by atoms with E-state index in [2.05, 4.69) is 10.2 Å². The monoisotopic (exact) mass is 428 g/mol. The van der Waals surface area contributed by atoms with Gasteiger partial charge in [-0.25, -0.2) is 4.39 Å². The van der Waals surface area contributed by atoms with Gasteiger partial charge in [0.15, 0.2) is 0 Å². The minimum atomic E-state index is -0.237. The van der Waals surface area contributed by atoms with E-state index in [9.17, 15) is 9.18 Å². The zero-order chi connectivity index (χ0) is 20.8. The molecule has 0 aliphatic carbocycles. The van der Waals surface area contributed by atoms with Gasteiger partial charge in [-0.2, -0.15) is 0 Å². The highest BCUT2D eigenvalue weighted by Crippen LogP contribution is 2.31. The zero-order valence-electron chi connectivity index (χ0n) is 17.2. The van der Waals surface area contributed by atoms with Gasteiger partial charge in [-0.1, -0.05) is 18.6 Å². The number of ether oxygens (including phenoxy) is 1. The Bertz CT molecular complexity index is 866. The summed E-state index contributed by atoms with van der Waals surface area (Å²) >= 11 is 1.59. The van der Waals surface area contributed by atoms with Crippen molar-refractivity contribution in [2.24, 2.45) is 0 Å². The number of carbonyl (C=O) groups is 1. The molecule has 1 amide bonds. The van der Waals surface area contributed by atoms with Crippen LogP contribution in [0.25, 0.3) is 16.5 Å². The van der Waals surface area contributed by atoms with E-state index < -0.39 is 0 Å². The molecule has 160 valence electrons. The number of benzene rings is 1. The van der Waals surface area contributed by atoms with Gasteiger partial charge in [0.25, 0.3) is 0 Å². The van der Waals surface area contributed by atoms with Crippen LogP contribution in [0.15, 0.2) is 42.5 Å². The van der Waals surface area contributed by atoms with Gasteiger partial charge >= 0.3 is 0 Å². The third kappa shape index (κ3) is 5.17. The molecule has 2 fully saturated rings. The second-order valence-corrected chi connectivity index (χ2v) is 9.26. The van der Waals surface area contributed by atoms with Crippen LogP contribution in [0, 0.1) is 5.82 Å². The van der Waals surface area contributed by atoms with Gasteiger partial charge in [-0.3, -0.25) is 9.69 Å². The summed E-state index contributed by atoms with van der Waals surface area (Å²) in [6, 6.07) is 10.5. The number of piperidine rings is 1. The number of nitrogens with zero attached hydrogens (tertiary/aromatic N) is 1. The number of hydrogen-bond donors (Lipinski definition) is 1. The minimum Gasteiger partial charge on any atom is -0.381 e. The number of halogens is 1. The van der Waals surface area contributed by atoms with Crippen LogP contribution in [-0.4, -0.2) is 49.2 Å². The lowest BCUT2D eigenvalue weighted by Gasteiger charge is -2.48. The Morgan fingerprint density at radius 1 is 1.10 bits per heavy atom. The molecular formula is C24H29FN2O2S. The summed E-state index contributed by atoms with van der Waals surface area (Å²) in [5.41, 5.74) is 1.01. The molecule has 3 heterocycles. The molecule has 1 N–H and O–H groups in total. The summed E-state index contributed by atoms with van der Waals surface area (Å²) in [4.78, 5) is 17.2. The summed E-state index contributed by atoms with van der Waals surface area (Å²) in [5, 5.41) is 3.15. The second kappa shape index (κ2) is 9.86. The topological polar surface area (TPSA) is 41.6 Å². The van der Waals surface area contributed by atoms with Crippen LogP contribution in [0.1, 0.15) is 37.0 Å². The third-order valence-electron chi connectivity index (χ3n) is 6.20. The first-order valence-corrected chi connectivity index (χ1v) is 11.6. The van der Waals surface area contributed by atoms with Crippen LogP contribution < -0.4 is 5.32 Å². The molecule has 0 bridgehead atoms. The SMILES string of the molecule is O=C(C=Cc1ccc(-c2ccc(F)cc2)s1)NCC1(N2CCCCC2)CCOCC1. The summed E-state index contributed by atoms with van der Waals surface area (Å²) in [6.45, 7) is 4.44. The van der Waals surface area contributed by atoms with E-state index in [4.69, 9.17) is 4.74 Å². The van der Waals surface area contributed by atoms with Gasteiger partial charge in [-0.15, -0.1) is 11.3 Å². The molecule has 2 aliphatic rings. The fourth-order valence-electron chi connectivity index (χ4n) is 4.40. The Morgan fingerprint density at radius 3 is 2.57 bits per heavy atom. The second-order valence-electron chi connectivity index (χ2n) is 8.14. The van der Waals surface area contributed by atoms with Crippen LogP contribution >= 0.6 is 11.3 Å². The first kappa shape index (κ1) is 21.2. The predicted molar refractivity (Wildman–Crippen MR) is 120 cm³/mol. The predicted octanol–water partition coefficient (Wildman–Crippen LogP) is 4.72. The number of hydrogen-bond acceptors (Lipinski definition) is 4. The fraction of sp³-hybridized carbons (Fsp3) is 0.458. The molecule has 1 aromatic carbocycles. The molecule has 0 spiro atoms. The maximum atomic E-state index is 13.1. The normalized spacial score (nSPS) is 19.8. The third-order valence-corrected chi connectivity index (χ3v) is 7.30. The molecule has 2 aromatic rings. The number of nitrogens with one attached hydrogen (secondary N) is 1. The van der Waals surface area contributed by atoms with E-state index in [1.807, 2.05) is 18.2 Å². The van der Waals surface area contributed by atoms with E-state index in [1.54, 1.807) is 29.5 Å². The maximum Gasteiger partial charge on any atom is 0.244 e. The Morgan fingerprint density at radius 2 is 1.83 bits per heavy atom. The van der Waals surface area contributed by atoms with Crippen molar-refractivity contribution in [2.45, 2.75) is 37.6 Å². The lowest BCUT2D eigenvalue weighted by atomic mass is 9.86. The van der Waals surface area contributed by atoms with Gasteiger partial charge in [-0.05, 0) is 74.7 Å². The molecule has 0 saturated carbocycles. The first-order chi connectivity index (χ1) is 14.6. The quantitative estimate of drug-likeness (QED) is 0.677. The standard InChI is InChI=1S/C24H29FN2O2S/c25-20-6-4-19(5-7-20)22-10-8-21(30-22)9-11-23(28)26-18-24(12-16-29-17-13-24)27-14-2-1-3-15-27/h4-11H,1-3,12-18H2,(H,26,28). The summed E-state index contributed by atoms with van der Waals surface area (Å²) in [5.74, 6) is -0.298. The minimum absolute atomic E-state index is 0.0286. The smallest absolute Gasteiger partial charge is 0.244 e. The van der Waals surface area contributed by atoms with Crippen molar-refractivity contribution < 1.29 is 13.9 Å². The van der Waals surface area contributed by atoms with Crippen LogP contribution in [-0.2, 0) is 9.53 Å². The van der Waals surface area contributed by atoms with Crippen molar-refractivity contribution in [2.75, 3.05) is 32.8 Å². The zero-order valence-corrected chi connectivity index (χ0v) is 18.1. The Labute approximate surface area is 181 Å². The molecule has 0 radical (unpaired) electrons. The van der Waals surface area contributed by atoms with Crippen LogP contribution in [0.2, 0.25) is 0 Å². The van der Waals surface area contributed by atoms with Crippen molar-refractivity contribution in [3.05, 3.63) is 53.2 Å². The van der Waals surface area contributed by atoms with Gasteiger partial charge < -0.3 is 10.1 Å². The van der Waals surface area contributed by atoms with Gasteiger partial charge in [0.1, 0.15) is 5.82 Å². The van der Waals surface area contributed by atoms with Gasteiger partial charge in [0, 0.05) is 41.1 Å². The van der Waals surface area contributed by atoms with E-state index in [1.165, 1.54) is 31.4 Å². The molecule has 4 rings (SSSR count). The molecule has 0 atom stereocenters. The lowest BCUT2D eigenvalue weighted by molar-refractivity contribution is -0.118. The Balaban J connectivity index is 1.35. The molecule has 2 aliphatic heterocycles. The fourth-order valence-corrected chi connectivity index (χ4v) is 5.32. The highest BCUT2D eigenvalue weighted by Gasteiger charge is 2.38. The van der Waals surface area contributed by atoms with Gasteiger partial charge in [0.05, 0.1) is 0 Å². The molecule has 4 nitrogen and oxygen atoms in total. The Kier molecular flexibility index (Phi) is 6.97. The first-order valence-electron chi connectivity index (χ1n) is 10.8. The average Bonchev–Trinajstić information content (AvgIpc) is 3.27. The number of carbonyl (C=O) groups excluding carboxylic acids is 1. The molecule has 1 aromatic heterocycles. The molecule has 30 heavy (non-hydrogen) atoms. The lowest BCUT2D eigenvalue weighted by Crippen LogP contribution is -2.59. The Hall–Kier alpha value is -2.02. The van der Waals surface area contributed by atoms with E-state index >= 15 is 0 Å². The van der Waals surface area contributed by atoms with Crippen molar-refractivity contribution in [1.29, 1.82) is 0 Å². The number of thiophene rings is 1. The molecular weight excluding hydrogens is 399 g/mol. The molecule has 0 unspecified atom stereocenters. The van der Waals surface area contributed by atoms with Crippen LogP contribution in [0.4, 0.5) is 4.39 Å². The molecule has 2 saturated heterocycles. The van der Waals surface area contributed by atoms with E-state index in [0.29, 0.717) is 6.54 Å². The number of likely N-dealkylation sites (tertiary alicyclic amines) is 1. The van der Waals surface area contributed by atoms with Crippen molar-refractivity contribution >= 4 is 23.3 Å². The van der Waals surface area contributed by atoms with E-state index in [0.717, 1.165) is 54.5 Å². The van der Waals surface area contributed by atoms with Gasteiger partial charge in [0.2, 0.25) is 5.91 Å².